The van der Waals surface area contributed by atoms with E-state index in [0.29, 0.717) is 17.1 Å². The molecule has 1 aliphatic rings. The molecule has 0 fully saturated rings. The predicted octanol–water partition coefficient (Wildman–Crippen LogP) is 2.90. The molecule has 0 radical (unpaired) electrons. The number of aromatic nitrogens is 2. The van der Waals surface area contributed by atoms with Gasteiger partial charge in [0.15, 0.2) is 0 Å². The highest BCUT2D eigenvalue weighted by atomic mass is 16.5. The molecule has 1 aromatic heterocycles. The van der Waals surface area contributed by atoms with Gasteiger partial charge in [0.1, 0.15) is 11.6 Å². The van der Waals surface area contributed by atoms with Crippen molar-refractivity contribution < 1.29 is 14.3 Å². The number of hydrogen-bond acceptors (Lipinski definition) is 6. The molecule has 9 nitrogen and oxygen atoms in total. The van der Waals surface area contributed by atoms with Crippen molar-refractivity contribution in [3.05, 3.63) is 70.0 Å². The van der Waals surface area contributed by atoms with Crippen molar-refractivity contribution in [2.24, 2.45) is 0 Å². The smallest absolute Gasteiger partial charge is 0.258 e. The van der Waals surface area contributed by atoms with Crippen LogP contribution in [0.5, 0.6) is 5.75 Å². The molecular weight excluding hydrogens is 398 g/mol. The van der Waals surface area contributed by atoms with Crippen LogP contribution in [0, 0.1) is 6.92 Å². The van der Waals surface area contributed by atoms with Crippen LogP contribution in [0.15, 0.2) is 53.3 Å². The zero-order valence-corrected chi connectivity index (χ0v) is 17.0. The normalized spacial score (nSPS) is 14.9. The fourth-order valence-electron chi connectivity index (χ4n) is 3.42. The summed E-state index contributed by atoms with van der Waals surface area (Å²) in [5.74, 6) is -0.868. The maximum absolute atomic E-state index is 12.9. The molecule has 0 saturated carbocycles. The van der Waals surface area contributed by atoms with Gasteiger partial charge in [0, 0.05) is 17.8 Å². The summed E-state index contributed by atoms with van der Waals surface area (Å²) in [6.07, 6.45) is -0.138. The van der Waals surface area contributed by atoms with E-state index in [2.05, 4.69) is 25.9 Å². The molecule has 3 aromatic rings. The van der Waals surface area contributed by atoms with E-state index in [1.54, 1.807) is 37.4 Å². The molecule has 0 unspecified atom stereocenters. The zero-order valence-electron chi connectivity index (χ0n) is 17.0. The summed E-state index contributed by atoms with van der Waals surface area (Å²) in [6.45, 7) is 1.91. The van der Waals surface area contributed by atoms with Crippen molar-refractivity contribution in [3.8, 4) is 5.75 Å². The van der Waals surface area contributed by atoms with Gasteiger partial charge >= 0.3 is 0 Å². The van der Waals surface area contributed by atoms with Crippen molar-refractivity contribution in [1.82, 2.24) is 9.97 Å². The number of nitrogens with one attached hydrogen (secondary N) is 4. The Hall–Kier alpha value is -4.14. The first-order chi connectivity index (χ1) is 14.9. The number of methoxy groups -OCH3 is 1. The number of fused-ring (bicyclic) bond motifs is 1. The molecule has 4 N–H and O–H groups in total. The molecule has 4 rings (SSSR count). The largest absolute Gasteiger partial charge is 0.497 e. The number of hydrogen-bond donors (Lipinski definition) is 4. The van der Waals surface area contributed by atoms with Crippen LogP contribution in [0.2, 0.25) is 0 Å². The number of carbonyl (C=O) groups is 2. The number of aromatic amines is 1. The fourth-order valence-corrected chi connectivity index (χ4v) is 3.42. The first kappa shape index (κ1) is 20.1. The quantitative estimate of drug-likeness (QED) is 0.504. The van der Waals surface area contributed by atoms with Crippen LogP contribution in [0.1, 0.15) is 23.5 Å². The van der Waals surface area contributed by atoms with Gasteiger partial charge in [-0.05, 0) is 48.9 Å². The maximum Gasteiger partial charge on any atom is 0.258 e. The number of aryl methyl sites for hydroxylation is 1. The molecule has 2 amide bonds. The maximum atomic E-state index is 12.9. The minimum atomic E-state index is -0.949. The molecule has 1 aliphatic heterocycles. The van der Waals surface area contributed by atoms with Crippen LogP contribution in [0.25, 0.3) is 0 Å². The lowest BCUT2D eigenvalue weighted by atomic mass is 9.92. The van der Waals surface area contributed by atoms with Crippen LogP contribution in [0.4, 0.5) is 23.1 Å². The Bertz CT molecular complexity index is 1200. The van der Waals surface area contributed by atoms with Crippen LogP contribution in [-0.2, 0) is 9.59 Å². The first-order valence-electron chi connectivity index (χ1n) is 9.65. The lowest BCUT2D eigenvalue weighted by Crippen LogP contribution is -2.36. The van der Waals surface area contributed by atoms with Crippen LogP contribution in [-0.4, -0.2) is 28.9 Å². The topological polar surface area (TPSA) is 125 Å². The van der Waals surface area contributed by atoms with E-state index in [9.17, 15) is 14.4 Å². The summed E-state index contributed by atoms with van der Waals surface area (Å²) in [5.41, 5.74) is 1.88. The highest BCUT2D eigenvalue weighted by Gasteiger charge is 2.34. The molecule has 1 atom stereocenters. The van der Waals surface area contributed by atoms with Crippen molar-refractivity contribution >= 4 is 35.0 Å². The molecule has 158 valence electrons. The van der Waals surface area contributed by atoms with E-state index >= 15 is 0 Å². The third-order valence-electron chi connectivity index (χ3n) is 4.91. The number of benzene rings is 2. The van der Waals surface area contributed by atoms with Crippen LogP contribution < -0.4 is 26.2 Å². The Morgan fingerprint density at radius 2 is 1.90 bits per heavy atom. The number of anilines is 4. The number of rotatable bonds is 5. The van der Waals surface area contributed by atoms with Crippen molar-refractivity contribution in [2.45, 2.75) is 19.3 Å². The lowest BCUT2D eigenvalue weighted by molar-refractivity contribution is -0.123. The number of carbonyl (C=O) groups excluding carboxylic acids is 2. The highest BCUT2D eigenvalue weighted by molar-refractivity contribution is 6.04. The average Bonchev–Trinajstić information content (AvgIpc) is 2.73. The summed E-state index contributed by atoms with van der Waals surface area (Å²) in [6, 6.07) is 14.3. The van der Waals surface area contributed by atoms with E-state index in [-0.39, 0.29) is 29.7 Å². The lowest BCUT2D eigenvalue weighted by Gasteiger charge is -2.23. The molecule has 0 spiro atoms. The molecule has 9 heteroatoms. The molecule has 0 bridgehead atoms. The number of nitrogens with zero attached hydrogens (tertiary/aromatic N) is 1. The summed E-state index contributed by atoms with van der Waals surface area (Å²) in [4.78, 5) is 44.9. The van der Waals surface area contributed by atoms with Crippen molar-refractivity contribution in [2.75, 3.05) is 23.1 Å². The zero-order chi connectivity index (χ0) is 22.0. The van der Waals surface area contributed by atoms with E-state index in [0.717, 1.165) is 5.56 Å². The molecule has 0 aliphatic carbocycles. The van der Waals surface area contributed by atoms with Gasteiger partial charge in [0.05, 0.1) is 18.6 Å². The minimum absolute atomic E-state index is 0.0698. The Labute approximate surface area is 177 Å². The van der Waals surface area contributed by atoms with Gasteiger partial charge < -0.3 is 20.7 Å². The van der Waals surface area contributed by atoms with Crippen molar-refractivity contribution in [3.63, 3.8) is 0 Å². The molecule has 2 heterocycles. The van der Waals surface area contributed by atoms with Crippen molar-refractivity contribution in [1.29, 1.82) is 0 Å². The number of ether oxygens (including phenoxy) is 1. The summed E-state index contributed by atoms with van der Waals surface area (Å²) in [7, 11) is 1.57. The van der Waals surface area contributed by atoms with Gasteiger partial charge in [-0.3, -0.25) is 19.4 Å². The van der Waals surface area contributed by atoms with E-state index in [1.807, 2.05) is 25.1 Å². The summed E-state index contributed by atoms with van der Waals surface area (Å²) in [5, 5.41) is 8.35. The monoisotopic (exact) mass is 419 g/mol. The summed E-state index contributed by atoms with van der Waals surface area (Å²) >= 11 is 0. The molecule has 31 heavy (non-hydrogen) atoms. The van der Waals surface area contributed by atoms with Gasteiger partial charge in [0.25, 0.3) is 5.56 Å². The molecule has 0 saturated heterocycles. The van der Waals surface area contributed by atoms with Gasteiger partial charge in [-0.25, -0.2) is 0 Å². The standard InChI is InChI=1S/C22H21N5O4/c1-12-4-3-5-14(10-12)23-20(29)16-11-17(28)25-19-18(16)21(30)27-22(26-19)24-13-6-8-15(31-2)9-7-13/h3-10,16H,11H2,1-2H3,(H,23,29)(H3,24,25,26,27,28,30)/t16-/m1/s1. The van der Waals surface area contributed by atoms with Gasteiger partial charge in [0.2, 0.25) is 17.8 Å². The SMILES string of the molecule is COc1ccc(Nc2nc3c(c(=O)[nH]2)[C@H](C(=O)Nc2cccc(C)c2)CC(=O)N3)cc1. The number of H-pyrrole nitrogens is 1. The second-order valence-corrected chi connectivity index (χ2v) is 7.19. The van der Waals surface area contributed by atoms with E-state index in [4.69, 9.17) is 4.74 Å². The Kier molecular flexibility index (Phi) is 5.40. The third kappa shape index (κ3) is 4.40. The molecule has 2 aromatic carbocycles. The first-order valence-corrected chi connectivity index (χ1v) is 9.65. The predicted molar refractivity (Wildman–Crippen MR) is 117 cm³/mol. The Morgan fingerprint density at radius 1 is 1.13 bits per heavy atom. The van der Waals surface area contributed by atoms with Gasteiger partial charge in [-0.15, -0.1) is 0 Å². The third-order valence-corrected chi connectivity index (χ3v) is 4.91. The van der Waals surface area contributed by atoms with E-state index < -0.39 is 17.4 Å². The number of amides is 2. The average molecular weight is 419 g/mol. The van der Waals surface area contributed by atoms with E-state index in [1.165, 1.54) is 0 Å². The Morgan fingerprint density at radius 3 is 2.61 bits per heavy atom. The second kappa shape index (κ2) is 8.31. The second-order valence-electron chi connectivity index (χ2n) is 7.19. The van der Waals surface area contributed by atoms with Crippen LogP contribution >= 0.6 is 0 Å². The summed E-state index contributed by atoms with van der Waals surface area (Å²) < 4.78 is 5.12. The van der Waals surface area contributed by atoms with Gasteiger partial charge in [-0.2, -0.15) is 4.98 Å². The Balaban J connectivity index is 1.61. The fraction of sp³-hybridized carbons (Fsp3) is 0.182. The van der Waals surface area contributed by atoms with Crippen LogP contribution in [0.3, 0.4) is 0 Å². The minimum Gasteiger partial charge on any atom is -0.497 e. The molecular formula is C22H21N5O4. The highest BCUT2D eigenvalue weighted by Crippen LogP contribution is 2.30. The van der Waals surface area contributed by atoms with Gasteiger partial charge in [-0.1, -0.05) is 12.1 Å².